The molecule has 1 aromatic heterocycles. The van der Waals surface area contributed by atoms with Gasteiger partial charge in [0.1, 0.15) is 5.60 Å². The molecule has 2 N–H and O–H groups in total. The maximum atomic E-state index is 9.72. The van der Waals surface area contributed by atoms with Gasteiger partial charge in [-0.1, -0.05) is 0 Å². The Morgan fingerprint density at radius 1 is 1.45 bits per heavy atom. The second kappa shape index (κ2) is 2.25. The van der Waals surface area contributed by atoms with Crippen LogP contribution in [0.2, 0.25) is 0 Å². The highest BCUT2D eigenvalue weighted by Crippen LogP contribution is 2.21. The summed E-state index contributed by atoms with van der Waals surface area (Å²) in [7, 11) is 0. The maximum absolute atomic E-state index is 9.72. The van der Waals surface area contributed by atoms with Crippen LogP contribution in [0.4, 0.5) is 0 Å². The standard InChI is InChI=1S/C7H9N3O/c11-7(4-9-5-7)6-3-8-1-2-10-6/h1-3,9,11H,4-5H2. The molecule has 0 saturated carbocycles. The van der Waals surface area contributed by atoms with Gasteiger partial charge in [0.05, 0.1) is 11.9 Å². The summed E-state index contributed by atoms with van der Waals surface area (Å²) >= 11 is 0. The van der Waals surface area contributed by atoms with Gasteiger partial charge in [0.15, 0.2) is 0 Å². The number of aliphatic hydroxyl groups is 1. The summed E-state index contributed by atoms with van der Waals surface area (Å²) in [6.07, 6.45) is 4.78. The molecule has 1 aliphatic rings. The summed E-state index contributed by atoms with van der Waals surface area (Å²) in [5.74, 6) is 0. The number of nitrogens with zero attached hydrogens (tertiary/aromatic N) is 2. The molecule has 2 heterocycles. The average Bonchev–Trinajstić information content (AvgIpc) is 2.02. The van der Waals surface area contributed by atoms with E-state index in [0.717, 1.165) is 0 Å². The summed E-state index contributed by atoms with van der Waals surface area (Å²) in [6, 6.07) is 0. The molecule has 4 nitrogen and oxygen atoms in total. The van der Waals surface area contributed by atoms with Crippen LogP contribution < -0.4 is 5.32 Å². The predicted octanol–water partition coefficient (Wildman–Crippen LogP) is -0.733. The van der Waals surface area contributed by atoms with Crippen LogP contribution in [0.1, 0.15) is 5.69 Å². The quantitative estimate of drug-likeness (QED) is 0.555. The van der Waals surface area contributed by atoms with Crippen molar-refractivity contribution in [2.75, 3.05) is 13.1 Å². The first kappa shape index (κ1) is 6.69. The topological polar surface area (TPSA) is 58.0 Å². The Morgan fingerprint density at radius 2 is 2.27 bits per heavy atom. The van der Waals surface area contributed by atoms with E-state index in [1.807, 2.05) is 0 Å². The lowest BCUT2D eigenvalue weighted by Gasteiger charge is -2.36. The Balaban J connectivity index is 2.29. The molecular weight excluding hydrogens is 142 g/mol. The minimum Gasteiger partial charge on any atom is -0.381 e. The van der Waals surface area contributed by atoms with Gasteiger partial charge in [-0.3, -0.25) is 9.97 Å². The van der Waals surface area contributed by atoms with Crippen LogP contribution >= 0.6 is 0 Å². The monoisotopic (exact) mass is 151 g/mol. The largest absolute Gasteiger partial charge is 0.381 e. The van der Waals surface area contributed by atoms with Crippen molar-refractivity contribution in [1.29, 1.82) is 0 Å². The highest BCUT2D eigenvalue weighted by molar-refractivity contribution is 5.13. The molecule has 4 heteroatoms. The molecule has 0 atom stereocenters. The Morgan fingerprint density at radius 3 is 2.73 bits per heavy atom. The van der Waals surface area contributed by atoms with Crippen LogP contribution in [-0.2, 0) is 5.60 Å². The van der Waals surface area contributed by atoms with Crippen LogP contribution in [0, 0.1) is 0 Å². The van der Waals surface area contributed by atoms with Crippen molar-refractivity contribution in [2.45, 2.75) is 5.60 Å². The number of rotatable bonds is 1. The average molecular weight is 151 g/mol. The van der Waals surface area contributed by atoms with E-state index in [1.165, 1.54) is 0 Å². The summed E-state index contributed by atoms with van der Waals surface area (Å²) in [4.78, 5) is 7.90. The first-order valence-electron chi connectivity index (χ1n) is 3.51. The summed E-state index contributed by atoms with van der Waals surface area (Å²) in [6.45, 7) is 1.15. The molecule has 0 spiro atoms. The van der Waals surface area contributed by atoms with Gasteiger partial charge < -0.3 is 10.4 Å². The fourth-order valence-corrected chi connectivity index (χ4v) is 1.08. The van der Waals surface area contributed by atoms with Crippen LogP contribution in [0.5, 0.6) is 0 Å². The third-order valence-electron chi connectivity index (χ3n) is 1.87. The minimum atomic E-state index is -0.770. The Kier molecular flexibility index (Phi) is 1.37. The summed E-state index contributed by atoms with van der Waals surface area (Å²) in [5, 5.41) is 12.7. The zero-order chi connectivity index (χ0) is 7.73. The highest BCUT2D eigenvalue weighted by Gasteiger charge is 2.37. The lowest BCUT2D eigenvalue weighted by atomic mass is 9.94. The van der Waals surface area contributed by atoms with Crippen molar-refractivity contribution in [3.63, 3.8) is 0 Å². The molecule has 1 aliphatic heterocycles. The normalized spacial score (nSPS) is 20.8. The second-order valence-electron chi connectivity index (χ2n) is 2.73. The van der Waals surface area contributed by atoms with Crippen molar-refractivity contribution in [2.24, 2.45) is 0 Å². The first-order valence-corrected chi connectivity index (χ1v) is 3.51. The number of nitrogens with one attached hydrogen (secondary N) is 1. The van der Waals surface area contributed by atoms with Crippen molar-refractivity contribution in [1.82, 2.24) is 15.3 Å². The maximum Gasteiger partial charge on any atom is 0.133 e. The molecule has 1 fully saturated rings. The molecular formula is C7H9N3O. The molecule has 0 aromatic carbocycles. The fourth-order valence-electron chi connectivity index (χ4n) is 1.08. The summed E-state index contributed by atoms with van der Waals surface area (Å²) < 4.78 is 0. The van der Waals surface area contributed by atoms with E-state index in [9.17, 15) is 5.11 Å². The van der Waals surface area contributed by atoms with Crippen molar-refractivity contribution >= 4 is 0 Å². The fraction of sp³-hybridized carbons (Fsp3) is 0.429. The van der Waals surface area contributed by atoms with Gasteiger partial charge in [-0.25, -0.2) is 0 Å². The van der Waals surface area contributed by atoms with Gasteiger partial charge in [-0.2, -0.15) is 0 Å². The van der Waals surface area contributed by atoms with E-state index in [0.29, 0.717) is 18.8 Å². The van der Waals surface area contributed by atoms with Gasteiger partial charge in [-0.05, 0) is 0 Å². The van der Waals surface area contributed by atoms with Crippen LogP contribution in [-0.4, -0.2) is 28.2 Å². The van der Waals surface area contributed by atoms with Gasteiger partial charge in [-0.15, -0.1) is 0 Å². The molecule has 0 radical (unpaired) electrons. The third-order valence-corrected chi connectivity index (χ3v) is 1.87. The zero-order valence-corrected chi connectivity index (χ0v) is 5.99. The number of aromatic nitrogens is 2. The van der Waals surface area contributed by atoms with E-state index in [2.05, 4.69) is 15.3 Å². The van der Waals surface area contributed by atoms with E-state index in [1.54, 1.807) is 18.6 Å². The number of β-amino-alcohol motifs (C(OH)–C–C–N with tert-alkyl or cyclic N) is 1. The van der Waals surface area contributed by atoms with E-state index >= 15 is 0 Å². The minimum absolute atomic E-state index is 0.575. The molecule has 1 aromatic rings. The molecule has 0 bridgehead atoms. The Labute approximate surface area is 64.3 Å². The SMILES string of the molecule is OC1(c2cnccn2)CNC1. The van der Waals surface area contributed by atoms with Crippen LogP contribution in [0.25, 0.3) is 0 Å². The number of hydrogen-bond acceptors (Lipinski definition) is 4. The van der Waals surface area contributed by atoms with Crippen molar-refractivity contribution < 1.29 is 5.11 Å². The smallest absolute Gasteiger partial charge is 0.133 e. The molecule has 2 rings (SSSR count). The Hall–Kier alpha value is -1.00. The molecule has 0 aliphatic carbocycles. The highest BCUT2D eigenvalue weighted by atomic mass is 16.3. The summed E-state index contributed by atoms with van der Waals surface area (Å²) in [5.41, 5.74) is -0.118. The van der Waals surface area contributed by atoms with Crippen LogP contribution in [0.3, 0.4) is 0 Å². The zero-order valence-electron chi connectivity index (χ0n) is 5.99. The van der Waals surface area contributed by atoms with Crippen molar-refractivity contribution in [3.05, 3.63) is 24.3 Å². The molecule has 0 amide bonds. The second-order valence-corrected chi connectivity index (χ2v) is 2.73. The van der Waals surface area contributed by atoms with Gasteiger partial charge in [0.25, 0.3) is 0 Å². The van der Waals surface area contributed by atoms with Gasteiger partial charge in [0, 0.05) is 25.5 Å². The lowest BCUT2D eigenvalue weighted by molar-refractivity contribution is -0.0189. The predicted molar refractivity (Wildman–Crippen MR) is 38.8 cm³/mol. The van der Waals surface area contributed by atoms with E-state index in [4.69, 9.17) is 0 Å². The lowest BCUT2D eigenvalue weighted by Crippen LogP contribution is -2.57. The van der Waals surface area contributed by atoms with Gasteiger partial charge in [0.2, 0.25) is 0 Å². The first-order chi connectivity index (χ1) is 5.31. The van der Waals surface area contributed by atoms with E-state index < -0.39 is 5.60 Å². The molecule has 0 unspecified atom stereocenters. The van der Waals surface area contributed by atoms with E-state index in [-0.39, 0.29) is 0 Å². The molecule has 58 valence electrons. The third kappa shape index (κ3) is 1.00. The van der Waals surface area contributed by atoms with Crippen molar-refractivity contribution in [3.8, 4) is 0 Å². The Bertz CT molecular complexity index is 245. The van der Waals surface area contributed by atoms with Crippen LogP contribution in [0.15, 0.2) is 18.6 Å². The number of hydrogen-bond donors (Lipinski definition) is 2. The molecule has 11 heavy (non-hydrogen) atoms. The molecule has 1 saturated heterocycles. The van der Waals surface area contributed by atoms with Gasteiger partial charge >= 0.3 is 0 Å².